The largest absolute Gasteiger partial charge is 0.465 e. The van der Waals surface area contributed by atoms with E-state index < -0.39 is 23.6 Å². The van der Waals surface area contributed by atoms with E-state index in [1.165, 1.54) is 21.6 Å². The summed E-state index contributed by atoms with van der Waals surface area (Å²) < 4.78 is 1.46. The molecule has 0 saturated carbocycles. The number of pyridine rings is 2. The Morgan fingerprint density at radius 3 is 2.68 bits per heavy atom. The predicted molar refractivity (Wildman–Crippen MR) is 145 cm³/mol. The number of aromatic amines is 1. The summed E-state index contributed by atoms with van der Waals surface area (Å²) in [6, 6.07) is 3.95. The molecule has 0 spiro atoms. The third-order valence-electron chi connectivity index (χ3n) is 5.85. The Labute approximate surface area is 220 Å². The minimum absolute atomic E-state index is 0.0336. The number of nitrogens with one attached hydrogen (secondary N) is 3. The van der Waals surface area contributed by atoms with E-state index in [2.05, 4.69) is 34.4 Å². The summed E-state index contributed by atoms with van der Waals surface area (Å²) in [6.45, 7) is 4.53. The molecule has 1 unspecified atom stereocenters. The third kappa shape index (κ3) is 7.55. The number of nitrogens with zero attached hydrogens (tertiary/aromatic N) is 3. The fourth-order valence-electron chi connectivity index (χ4n) is 4.02. The molecule has 0 aliphatic rings. The zero-order valence-electron chi connectivity index (χ0n) is 22.0. The van der Waals surface area contributed by atoms with Crippen LogP contribution in [-0.2, 0) is 22.6 Å². The number of carboxylic acid groups (broad SMARTS) is 1. The molecule has 0 fully saturated rings. The molecular formula is C27H34N6O5. The first-order chi connectivity index (χ1) is 18.0. The van der Waals surface area contributed by atoms with Gasteiger partial charge in [-0.2, -0.15) is 0 Å². The summed E-state index contributed by atoms with van der Waals surface area (Å²) in [5.74, 6) is -0.415. The number of likely N-dealkylation sites (N-methyl/N-ethyl adjacent to an activating group) is 1. The number of fused-ring (bicyclic) bond motifs is 1. The van der Waals surface area contributed by atoms with Crippen molar-refractivity contribution in [2.45, 2.75) is 45.7 Å². The van der Waals surface area contributed by atoms with E-state index in [0.29, 0.717) is 5.92 Å². The number of carbonyl (C=O) groups is 3. The fraction of sp³-hybridized carbons (Fsp3) is 0.370. The van der Waals surface area contributed by atoms with E-state index in [1.54, 1.807) is 38.6 Å². The van der Waals surface area contributed by atoms with Crippen molar-refractivity contribution in [1.29, 1.82) is 0 Å². The molecule has 0 radical (unpaired) electrons. The number of aromatic nitrogens is 3. The highest BCUT2D eigenvalue weighted by molar-refractivity contribution is 5.96. The summed E-state index contributed by atoms with van der Waals surface area (Å²) in [5.41, 5.74) is 2.52. The minimum atomic E-state index is -1.37. The predicted octanol–water partition coefficient (Wildman–Crippen LogP) is 2.97. The first-order valence-electron chi connectivity index (χ1n) is 12.4. The Morgan fingerprint density at radius 2 is 2.00 bits per heavy atom. The van der Waals surface area contributed by atoms with Gasteiger partial charge in [-0.15, -0.1) is 0 Å². The molecule has 1 atom stereocenters. The molecular weight excluding hydrogens is 488 g/mol. The standard InChI is InChI=1S/C27H34N6O5/c1-17(2)12-18-14-28-15-19-13-20(29-24(18)19)16-33-11-7-9-22(26(33)36)30-25(35)21(31-27(37)38)8-5-6-10-23(34)32(3)4/h6-7,9-11,13-15,17,21,29,31H,5,8,12,16H2,1-4H3,(H,30,35)(H,37,38)/b10-6+. The summed E-state index contributed by atoms with van der Waals surface area (Å²) in [6.07, 6.45) is 8.08. The van der Waals surface area contributed by atoms with E-state index >= 15 is 0 Å². The Kier molecular flexibility index (Phi) is 9.42. The molecule has 0 aliphatic heterocycles. The molecule has 0 aromatic carbocycles. The monoisotopic (exact) mass is 522 g/mol. The second-order valence-corrected chi connectivity index (χ2v) is 9.71. The molecule has 0 aliphatic carbocycles. The maximum Gasteiger partial charge on any atom is 0.405 e. The summed E-state index contributed by atoms with van der Waals surface area (Å²) in [5, 5.41) is 14.8. The van der Waals surface area contributed by atoms with Crippen molar-refractivity contribution >= 4 is 34.5 Å². The van der Waals surface area contributed by atoms with Gasteiger partial charge < -0.3 is 30.2 Å². The number of amides is 3. The van der Waals surface area contributed by atoms with Crippen molar-refractivity contribution in [1.82, 2.24) is 24.8 Å². The lowest BCUT2D eigenvalue weighted by atomic mass is 10.0. The number of allylic oxidation sites excluding steroid dienone is 1. The summed E-state index contributed by atoms with van der Waals surface area (Å²) in [7, 11) is 3.22. The fourth-order valence-corrected chi connectivity index (χ4v) is 4.02. The van der Waals surface area contributed by atoms with E-state index in [4.69, 9.17) is 5.11 Å². The molecule has 38 heavy (non-hydrogen) atoms. The van der Waals surface area contributed by atoms with Gasteiger partial charge in [0, 0.05) is 43.8 Å². The topological polar surface area (TPSA) is 149 Å². The Bertz CT molecular complexity index is 1390. The maximum atomic E-state index is 13.1. The molecule has 11 heteroatoms. The zero-order valence-corrected chi connectivity index (χ0v) is 22.0. The van der Waals surface area contributed by atoms with Crippen LogP contribution < -0.4 is 16.2 Å². The summed E-state index contributed by atoms with van der Waals surface area (Å²) in [4.78, 5) is 58.0. The average Bonchev–Trinajstić information content (AvgIpc) is 3.26. The van der Waals surface area contributed by atoms with Crippen molar-refractivity contribution in [3.8, 4) is 0 Å². The van der Waals surface area contributed by atoms with Gasteiger partial charge in [0.1, 0.15) is 11.7 Å². The van der Waals surface area contributed by atoms with Gasteiger partial charge in [0.05, 0.1) is 12.1 Å². The van der Waals surface area contributed by atoms with Gasteiger partial charge in [-0.25, -0.2) is 4.79 Å². The minimum Gasteiger partial charge on any atom is -0.465 e. The van der Waals surface area contributed by atoms with Crippen molar-refractivity contribution < 1.29 is 19.5 Å². The number of hydrogen-bond acceptors (Lipinski definition) is 5. The lowest BCUT2D eigenvalue weighted by Gasteiger charge is -2.16. The van der Waals surface area contributed by atoms with Crippen molar-refractivity contribution in [3.05, 3.63) is 70.6 Å². The van der Waals surface area contributed by atoms with Crippen molar-refractivity contribution in [2.75, 3.05) is 19.4 Å². The van der Waals surface area contributed by atoms with Crippen LogP contribution in [0.15, 0.2) is 53.7 Å². The van der Waals surface area contributed by atoms with Crippen LogP contribution >= 0.6 is 0 Å². The van der Waals surface area contributed by atoms with Crippen molar-refractivity contribution in [3.63, 3.8) is 0 Å². The maximum absolute atomic E-state index is 13.1. The van der Waals surface area contributed by atoms with Crippen LogP contribution in [0.5, 0.6) is 0 Å². The quantitative estimate of drug-likeness (QED) is 0.285. The van der Waals surface area contributed by atoms with Crippen molar-refractivity contribution in [2.24, 2.45) is 5.92 Å². The van der Waals surface area contributed by atoms with Gasteiger partial charge in [-0.1, -0.05) is 19.9 Å². The highest BCUT2D eigenvalue weighted by atomic mass is 16.4. The van der Waals surface area contributed by atoms with E-state index in [1.807, 2.05) is 12.3 Å². The average molecular weight is 523 g/mol. The smallest absolute Gasteiger partial charge is 0.405 e. The van der Waals surface area contributed by atoms with Crippen LogP contribution in [0.2, 0.25) is 0 Å². The molecule has 3 aromatic rings. The van der Waals surface area contributed by atoms with Crippen LogP contribution in [0.4, 0.5) is 10.5 Å². The van der Waals surface area contributed by atoms with Gasteiger partial charge in [0.25, 0.3) is 5.56 Å². The number of anilines is 1. The molecule has 11 nitrogen and oxygen atoms in total. The first-order valence-corrected chi connectivity index (χ1v) is 12.4. The number of rotatable bonds is 11. The Morgan fingerprint density at radius 1 is 1.24 bits per heavy atom. The van der Waals surface area contributed by atoms with E-state index in [0.717, 1.165) is 28.6 Å². The molecule has 3 aromatic heterocycles. The second kappa shape index (κ2) is 12.7. The zero-order chi connectivity index (χ0) is 27.8. The molecule has 3 heterocycles. The Balaban J connectivity index is 1.74. The van der Waals surface area contributed by atoms with Crippen LogP contribution in [0, 0.1) is 5.92 Å². The molecule has 0 saturated heterocycles. The number of carbonyl (C=O) groups excluding carboxylic acids is 2. The summed E-state index contributed by atoms with van der Waals surface area (Å²) >= 11 is 0. The molecule has 4 N–H and O–H groups in total. The first kappa shape index (κ1) is 28.2. The van der Waals surface area contributed by atoms with Crippen LogP contribution in [0.1, 0.15) is 37.9 Å². The third-order valence-corrected chi connectivity index (χ3v) is 5.85. The molecule has 3 amide bonds. The van der Waals surface area contributed by atoms with Crippen LogP contribution in [0.3, 0.4) is 0 Å². The lowest BCUT2D eigenvalue weighted by Crippen LogP contribution is -2.44. The number of hydrogen-bond donors (Lipinski definition) is 4. The van der Waals surface area contributed by atoms with Gasteiger partial charge in [0.2, 0.25) is 11.8 Å². The molecule has 0 bridgehead atoms. The van der Waals surface area contributed by atoms with Gasteiger partial charge in [-0.05, 0) is 55.0 Å². The highest BCUT2D eigenvalue weighted by Crippen LogP contribution is 2.21. The Hall–Kier alpha value is -4.41. The van der Waals surface area contributed by atoms with Crippen LogP contribution in [-0.4, -0.2) is 62.6 Å². The van der Waals surface area contributed by atoms with Gasteiger partial charge >= 0.3 is 6.09 Å². The second-order valence-electron chi connectivity index (χ2n) is 9.71. The normalized spacial score (nSPS) is 12.1. The SMILES string of the molecule is CC(C)Cc1cncc2cc(Cn3cccc(NC(=O)C(CC/C=C/C(=O)N(C)C)NC(=O)O)c3=O)[nH]c12. The molecule has 3 rings (SSSR count). The van der Waals surface area contributed by atoms with Gasteiger partial charge in [-0.3, -0.25) is 19.4 Å². The van der Waals surface area contributed by atoms with Crippen LogP contribution in [0.25, 0.3) is 10.9 Å². The molecule has 202 valence electrons. The lowest BCUT2D eigenvalue weighted by molar-refractivity contribution is -0.123. The van der Waals surface area contributed by atoms with E-state index in [-0.39, 0.29) is 31.0 Å². The van der Waals surface area contributed by atoms with Gasteiger partial charge in [0.15, 0.2) is 0 Å². The van der Waals surface area contributed by atoms with E-state index in [9.17, 15) is 19.2 Å². The highest BCUT2D eigenvalue weighted by Gasteiger charge is 2.21. The number of H-pyrrole nitrogens is 1.